The standard InChI is InChI=1S/C30H32N3O10P/c1-21(35)17-18-26(36)40-29-28(38-20-22-11-5-2-6-12-22)27(32-33-31)25(19-34)39-30(29)43-44(37,41-23-13-7-3-8-14-23)42-24-15-9-4-10-16-24/h2-16,25,27-30,34H,17-20H2,1H3/t25-,27-,28+,29-,30-/m1/s1. The molecule has 4 rings (SSSR count). The number of esters is 1. The number of hydrogen-bond donors (Lipinski definition) is 1. The quantitative estimate of drug-likeness (QED) is 0.0743. The van der Waals surface area contributed by atoms with E-state index in [2.05, 4.69) is 10.0 Å². The molecule has 1 heterocycles. The summed E-state index contributed by atoms with van der Waals surface area (Å²) in [6.07, 6.45) is -6.09. The fourth-order valence-corrected chi connectivity index (χ4v) is 5.62. The van der Waals surface area contributed by atoms with Crippen LogP contribution in [0.5, 0.6) is 11.5 Å². The highest BCUT2D eigenvalue weighted by molar-refractivity contribution is 7.49. The van der Waals surface area contributed by atoms with Gasteiger partial charge < -0.3 is 33.2 Å². The van der Waals surface area contributed by atoms with E-state index in [0.29, 0.717) is 0 Å². The largest absolute Gasteiger partial charge is 0.590 e. The number of para-hydroxylation sites is 2. The van der Waals surface area contributed by atoms with Gasteiger partial charge in [0.2, 0.25) is 6.29 Å². The lowest BCUT2D eigenvalue weighted by atomic mass is 9.96. The molecule has 3 aromatic carbocycles. The van der Waals surface area contributed by atoms with Gasteiger partial charge in [-0.25, -0.2) is 9.09 Å². The highest BCUT2D eigenvalue weighted by Gasteiger charge is 2.52. The third-order valence-corrected chi connectivity index (χ3v) is 7.71. The molecule has 232 valence electrons. The summed E-state index contributed by atoms with van der Waals surface area (Å²) in [5.74, 6) is -0.781. The Bertz CT molecular complexity index is 1410. The van der Waals surface area contributed by atoms with Crippen LogP contribution in [-0.2, 0) is 39.5 Å². The van der Waals surface area contributed by atoms with Crippen molar-refractivity contribution in [1.82, 2.24) is 0 Å². The van der Waals surface area contributed by atoms with Gasteiger partial charge in [-0.05, 0) is 42.3 Å². The first kappa shape index (κ1) is 32.7. The highest BCUT2D eigenvalue weighted by atomic mass is 31.2. The summed E-state index contributed by atoms with van der Waals surface area (Å²) in [4.78, 5) is 27.3. The van der Waals surface area contributed by atoms with Crippen LogP contribution in [0.1, 0.15) is 25.3 Å². The predicted molar refractivity (Wildman–Crippen MR) is 156 cm³/mol. The van der Waals surface area contributed by atoms with Gasteiger partial charge in [-0.15, -0.1) is 0 Å². The van der Waals surface area contributed by atoms with Crippen LogP contribution in [0.4, 0.5) is 0 Å². The van der Waals surface area contributed by atoms with E-state index in [4.69, 9.17) is 27.8 Å². The minimum atomic E-state index is -4.63. The van der Waals surface area contributed by atoms with Gasteiger partial charge in [0, 0.05) is 11.3 Å². The number of benzene rings is 3. The van der Waals surface area contributed by atoms with Crippen molar-refractivity contribution < 1.29 is 47.0 Å². The van der Waals surface area contributed by atoms with Crippen LogP contribution in [0.15, 0.2) is 96.1 Å². The van der Waals surface area contributed by atoms with Crippen molar-refractivity contribution in [2.45, 2.75) is 57.0 Å². The molecule has 0 radical (unpaired) electrons. The minimum absolute atomic E-state index is 0.0198. The summed E-state index contributed by atoms with van der Waals surface area (Å²) >= 11 is 0. The van der Waals surface area contributed by atoms with Crippen molar-refractivity contribution in [3.05, 3.63) is 107 Å². The number of hydrogen-bond acceptors (Lipinski definition) is 11. The van der Waals surface area contributed by atoms with Gasteiger partial charge in [0.15, 0.2) is 6.10 Å². The molecule has 1 saturated heterocycles. The molecule has 0 spiro atoms. The molecule has 1 fully saturated rings. The first-order chi connectivity index (χ1) is 21.3. The Morgan fingerprint density at radius 1 is 0.909 bits per heavy atom. The minimum Gasteiger partial charge on any atom is -0.454 e. The second kappa shape index (κ2) is 16.0. The van der Waals surface area contributed by atoms with Crippen molar-refractivity contribution >= 4 is 19.6 Å². The van der Waals surface area contributed by atoms with Crippen molar-refractivity contribution in [3.8, 4) is 11.5 Å². The first-order valence-electron chi connectivity index (χ1n) is 13.7. The number of azide groups is 1. The van der Waals surface area contributed by atoms with Crippen molar-refractivity contribution in [2.24, 2.45) is 5.11 Å². The number of ether oxygens (including phenoxy) is 3. The zero-order valence-electron chi connectivity index (χ0n) is 23.8. The van der Waals surface area contributed by atoms with Gasteiger partial charge in [-0.1, -0.05) is 71.8 Å². The number of rotatable bonds is 15. The summed E-state index contributed by atoms with van der Waals surface area (Å²) in [5, 5.41) is 14.0. The third-order valence-electron chi connectivity index (χ3n) is 6.37. The molecule has 0 amide bonds. The van der Waals surface area contributed by atoms with Gasteiger partial charge in [0.1, 0.15) is 23.4 Å². The maximum absolute atomic E-state index is 14.2. The van der Waals surface area contributed by atoms with Crippen molar-refractivity contribution in [2.75, 3.05) is 6.61 Å². The lowest BCUT2D eigenvalue weighted by Crippen LogP contribution is -2.60. The predicted octanol–water partition coefficient (Wildman–Crippen LogP) is 5.53. The normalized spacial score (nSPS) is 21.5. The average molecular weight is 626 g/mol. The molecule has 0 aromatic heterocycles. The van der Waals surface area contributed by atoms with Crippen LogP contribution in [-0.4, -0.2) is 54.1 Å². The Balaban J connectivity index is 1.72. The lowest BCUT2D eigenvalue weighted by molar-refractivity contribution is -0.267. The second-order valence-corrected chi connectivity index (χ2v) is 11.2. The number of nitrogens with zero attached hydrogens (tertiary/aromatic N) is 3. The molecule has 1 N–H and O–H groups in total. The Hall–Kier alpha value is -4.22. The number of carbonyl (C=O) groups is 2. The molecule has 3 aromatic rings. The van der Waals surface area contributed by atoms with E-state index in [-0.39, 0.29) is 36.7 Å². The number of aliphatic hydroxyl groups excluding tert-OH is 1. The van der Waals surface area contributed by atoms with Gasteiger partial charge in [0.25, 0.3) is 0 Å². The molecular weight excluding hydrogens is 593 g/mol. The SMILES string of the molecule is CC(=O)CCC(=O)O[C@H]1[C@@H](OP(=O)(Oc2ccccc2)Oc2ccccc2)O[C@H](CO)[C@@H](N=[N+]=[N-])[C@@H]1OCc1ccccc1. The average Bonchev–Trinajstić information content (AvgIpc) is 3.02. The maximum atomic E-state index is 14.2. The summed E-state index contributed by atoms with van der Waals surface area (Å²) in [5.41, 5.74) is 10.1. The molecule has 1 aliphatic heterocycles. The molecule has 5 atom stereocenters. The van der Waals surface area contributed by atoms with Crippen molar-refractivity contribution in [1.29, 1.82) is 0 Å². The van der Waals surface area contributed by atoms with E-state index in [1.807, 2.05) is 6.07 Å². The van der Waals surface area contributed by atoms with Crippen LogP contribution < -0.4 is 9.05 Å². The number of phosphoric acid groups is 1. The summed E-state index contributed by atoms with van der Waals surface area (Å²) in [6, 6.07) is 24.0. The number of carbonyl (C=O) groups excluding carboxylic acids is 2. The molecule has 0 bridgehead atoms. The van der Waals surface area contributed by atoms with E-state index in [9.17, 15) is 24.8 Å². The lowest BCUT2D eigenvalue weighted by Gasteiger charge is -2.43. The van der Waals surface area contributed by atoms with E-state index in [1.54, 1.807) is 60.7 Å². The van der Waals surface area contributed by atoms with Crippen molar-refractivity contribution in [3.63, 3.8) is 0 Å². The first-order valence-corrected chi connectivity index (χ1v) is 15.2. The van der Waals surface area contributed by atoms with Crippen LogP contribution >= 0.6 is 7.82 Å². The number of Topliss-reactive ketones (excluding diaryl/α,β-unsaturated/α-hetero) is 1. The molecule has 13 nitrogen and oxygen atoms in total. The Kier molecular flexibility index (Phi) is 11.9. The fraction of sp³-hybridized carbons (Fsp3) is 0.333. The molecule has 0 saturated carbocycles. The molecule has 0 unspecified atom stereocenters. The van der Waals surface area contributed by atoms with Crippen LogP contribution in [0, 0.1) is 0 Å². The molecule has 1 aliphatic rings. The maximum Gasteiger partial charge on any atom is 0.590 e. The van der Waals surface area contributed by atoms with Gasteiger partial charge in [-0.2, -0.15) is 0 Å². The molecule has 44 heavy (non-hydrogen) atoms. The van der Waals surface area contributed by atoms with E-state index < -0.39 is 51.0 Å². The van der Waals surface area contributed by atoms with Crippen LogP contribution in [0.25, 0.3) is 10.4 Å². The molecular formula is C30H32N3O10P. The monoisotopic (exact) mass is 625 g/mol. The topological polar surface area (TPSA) is 176 Å². The number of ketones is 1. The van der Waals surface area contributed by atoms with Gasteiger partial charge in [-0.3, -0.25) is 4.79 Å². The Morgan fingerprint density at radius 2 is 1.48 bits per heavy atom. The highest BCUT2D eigenvalue weighted by Crippen LogP contribution is 2.52. The van der Waals surface area contributed by atoms with Crippen LogP contribution in [0.2, 0.25) is 0 Å². The van der Waals surface area contributed by atoms with E-state index >= 15 is 0 Å². The third kappa shape index (κ3) is 9.39. The fourth-order valence-electron chi connectivity index (χ4n) is 4.31. The smallest absolute Gasteiger partial charge is 0.454 e. The molecule has 14 heteroatoms. The summed E-state index contributed by atoms with van der Waals surface area (Å²) in [7, 11) is -4.63. The Morgan fingerprint density at radius 3 is 2.00 bits per heavy atom. The number of phosphoric ester groups is 1. The van der Waals surface area contributed by atoms with E-state index in [0.717, 1.165) is 5.56 Å². The zero-order chi connectivity index (χ0) is 31.4. The summed E-state index contributed by atoms with van der Waals surface area (Å²) in [6.45, 7) is 0.646. The molecule has 0 aliphatic carbocycles. The second-order valence-electron chi connectivity index (χ2n) is 9.70. The van der Waals surface area contributed by atoms with Gasteiger partial charge >= 0.3 is 13.8 Å². The zero-order valence-corrected chi connectivity index (χ0v) is 24.7. The number of aliphatic hydroxyl groups is 1. The summed E-state index contributed by atoms with van der Waals surface area (Å²) < 4.78 is 49.3. The van der Waals surface area contributed by atoms with E-state index in [1.165, 1.54) is 31.2 Å². The van der Waals surface area contributed by atoms with Crippen LogP contribution in [0.3, 0.4) is 0 Å². The Labute approximate surface area is 253 Å². The van der Waals surface area contributed by atoms with Gasteiger partial charge in [0.05, 0.1) is 31.8 Å².